The van der Waals surface area contributed by atoms with Crippen molar-refractivity contribution in [1.82, 2.24) is 24.8 Å². The summed E-state index contributed by atoms with van der Waals surface area (Å²) in [7, 11) is 4.64. The lowest BCUT2D eigenvalue weighted by molar-refractivity contribution is -0.0954. The number of allylic oxidation sites excluding steroid dienone is 3. The van der Waals surface area contributed by atoms with Gasteiger partial charge in [-0.05, 0) is 32.4 Å². The number of alkyl halides is 6. The van der Waals surface area contributed by atoms with Crippen LogP contribution >= 0.6 is 11.6 Å². The summed E-state index contributed by atoms with van der Waals surface area (Å²) in [6.07, 6.45) is -7.94. The topological polar surface area (TPSA) is 74.3 Å². The molecule has 2 aromatic heterocycles. The summed E-state index contributed by atoms with van der Waals surface area (Å²) >= 11 is 6.34. The minimum atomic E-state index is -4.96. The number of hydrazone groups is 1. The van der Waals surface area contributed by atoms with Gasteiger partial charge in [-0.1, -0.05) is 22.9 Å². The summed E-state index contributed by atoms with van der Waals surface area (Å²) in [6.45, 7) is 2.45. The number of fused-ring (bicyclic) bond motifs is 1. The Labute approximate surface area is 208 Å². The Morgan fingerprint density at radius 1 is 1.19 bits per heavy atom. The second-order valence-electron chi connectivity index (χ2n) is 7.77. The van der Waals surface area contributed by atoms with Gasteiger partial charge in [-0.25, -0.2) is 4.98 Å². The van der Waals surface area contributed by atoms with Crippen molar-refractivity contribution in [3.05, 3.63) is 45.8 Å². The molecule has 8 nitrogen and oxygen atoms in total. The Kier molecular flexibility index (Phi) is 9.46. The highest BCUT2D eigenvalue weighted by Crippen LogP contribution is 2.32. The van der Waals surface area contributed by atoms with Crippen molar-refractivity contribution in [2.45, 2.75) is 39.2 Å². The molecule has 0 unspecified atom stereocenters. The second-order valence-corrected chi connectivity index (χ2v) is 8.13. The first-order chi connectivity index (χ1) is 16.6. The smallest absolute Gasteiger partial charge is 0.356 e. The van der Waals surface area contributed by atoms with Crippen LogP contribution in [0.25, 0.3) is 11.0 Å². The van der Waals surface area contributed by atoms with Crippen LogP contribution in [0.1, 0.15) is 24.6 Å². The van der Waals surface area contributed by atoms with Gasteiger partial charge in [0.25, 0.3) is 0 Å². The van der Waals surface area contributed by atoms with Gasteiger partial charge < -0.3 is 4.90 Å². The van der Waals surface area contributed by atoms with E-state index in [-0.39, 0.29) is 30.7 Å². The lowest BCUT2D eigenvalue weighted by Crippen LogP contribution is -2.24. The Balaban J connectivity index is 2.35. The number of hydrogen-bond donors (Lipinski definition) is 0. The molecule has 0 aliphatic carbocycles. The quantitative estimate of drug-likeness (QED) is 0.0747. The minimum Gasteiger partial charge on any atom is -0.356 e. The monoisotopic (exact) mass is 538 g/mol. The van der Waals surface area contributed by atoms with Crippen molar-refractivity contribution >= 4 is 29.0 Å². The molecule has 198 valence electrons. The van der Waals surface area contributed by atoms with Gasteiger partial charge in [-0.15, -0.1) is 5.10 Å². The summed E-state index contributed by atoms with van der Waals surface area (Å²) in [4.78, 5) is 5.88. The van der Waals surface area contributed by atoms with E-state index in [4.69, 9.17) is 11.6 Å². The lowest BCUT2D eigenvalue weighted by atomic mass is 10.1. The van der Waals surface area contributed by atoms with Crippen molar-refractivity contribution in [2.24, 2.45) is 22.5 Å². The van der Waals surface area contributed by atoms with Gasteiger partial charge in [0.1, 0.15) is 11.5 Å². The number of aromatic nitrogens is 3. The number of hydrogen-bond acceptors (Lipinski definition) is 5. The van der Waals surface area contributed by atoms with Crippen molar-refractivity contribution < 1.29 is 26.3 Å². The van der Waals surface area contributed by atoms with Crippen molar-refractivity contribution in [2.75, 3.05) is 20.6 Å². The highest BCUT2D eigenvalue weighted by atomic mass is 35.5. The van der Waals surface area contributed by atoms with Gasteiger partial charge in [0.15, 0.2) is 5.65 Å². The Hall–Kier alpha value is -3.16. The van der Waals surface area contributed by atoms with Crippen LogP contribution in [0.15, 0.2) is 44.8 Å². The van der Waals surface area contributed by atoms with E-state index in [0.717, 1.165) is 10.5 Å². The largest absolute Gasteiger partial charge is 0.416 e. The van der Waals surface area contributed by atoms with Crippen LogP contribution in [0.5, 0.6) is 0 Å². The Morgan fingerprint density at radius 2 is 1.86 bits per heavy atom. The molecule has 0 saturated carbocycles. The summed E-state index contributed by atoms with van der Waals surface area (Å²) < 4.78 is 79.9. The molecule has 15 heteroatoms. The Morgan fingerprint density at radius 3 is 2.44 bits per heavy atom. The first-order valence-electron chi connectivity index (χ1n) is 10.5. The number of aryl methyl sites for hydroxylation is 2. The molecule has 2 heterocycles. The molecular formula is C21H25ClF6N8. The van der Waals surface area contributed by atoms with Gasteiger partial charge in [0.2, 0.25) is 0 Å². The zero-order chi connectivity index (χ0) is 27.3. The van der Waals surface area contributed by atoms with E-state index < -0.39 is 23.5 Å². The molecule has 0 aliphatic rings. The normalized spacial score (nSPS) is 14.0. The van der Waals surface area contributed by atoms with E-state index >= 15 is 0 Å². The average Bonchev–Trinajstić information content (AvgIpc) is 3.02. The van der Waals surface area contributed by atoms with E-state index in [9.17, 15) is 26.3 Å². The minimum absolute atomic E-state index is 0.0283. The first kappa shape index (κ1) is 29.1. The molecule has 2 rings (SSSR count). The van der Waals surface area contributed by atoms with E-state index in [1.54, 1.807) is 24.7 Å². The zero-order valence-corrected chi connectivity index (χ0v) is 20.9. The molecule has 0 saturated heterocycles. The third kappa shape index (κ3) is 7.93. The van der Waals surface area contributed by atoms with Crippen molar-refractivity contribution in [1.29, 1.82) is 0 Å². The molecule has 0 aromatic carbocycles. The molecule has 0 atom stereocenters. The fraction of sp³-hybridized carbons (Fsp3) is 0.476. The molecule has 0 aliphatic heterocycles. The van der Waals surface area contributed by atoms with Gasteiger partial charge in [-0.3, -0.25) is 4.68 Å². The fourth-order valence-electron chi connectivity index (χ4n) is 3.13. The third-order valence-electron chi connectivity index (χ3n) is 4.93. The maximum atomic E-state index is 13.3. The molecule has 0 radical (unpaired) electrons. The van der Waals surface area contributed by atoms with Crippen LogP contribution in [0.3, 0.4) is 0 Å². The SMILES string of the molecule is C/N=N\N(C)/N=C/N(CC/C=C(\C=C(/C)C(F)(F)F)C(F)(F)F)Cc1cc2c(C)nn(C)c2nc1Cl. The van der Waals surface area contributed by atoms with Crippen LogP contribution in [-0.4, -0.2) is 64.1 Å². The van der Waals surface area contributed by atoms with Gasteiger partial charge in [0, 0.05) is 36.7 Å². The lowest BCUT2D eigenvalue weighted by Gasteiger charge is -2.20. The van der Waals surface area contributed by atoms with Crippen LogP contribution in [0, 0.1) is 6.92 Å². The summed E-state index contributed by atoms with van der Waals surface area (Å²) in [5.74, 6) is 0. The fourth-order valence-corrected chi connectivity index (χ4v) is 3.32. The predicted octanol–water partition coefficient (Wildman–Crippen LogP) is 5.99. The molecule has 2 aromatic rings. The van der Waals surface area contributed by atoms with Gasteiger partial charge >= 0.3 is 12.4 Å². The molecule has 0 amide bonds. The van der Waals surface area contributed by atoms with Gasteiger partial charge in [-0.2, -0.15) is 41.7 Å². The molecule has 0 spiro atoms. The summed E-state index contributed by atoms with van der Waals surface area (Å²) in [5.41, 5.74) is -0.911. The van der Waals surface area contributed by atoms with E-state index in [1.165, 1.54) is 25.3 Å². The number of halogens is 7. The number of rotatable bonds is 9. The molecule has 0 N–H and O–H groups in total. The average molecular weight is 539 g/mol. The molecule has 0 bridgehead atoms. The maximum Gasteiger partial charge on any atom is 0.416 e. The maximum absolute atomic E-state index is 13.3. The van der Waals surface area contributed by atoms with E-state index in [2.05, 4.69) is 25.5 Å². The van der Waals surface area contributed by atoms with Crippen molar-refractivity contribution in [3.8, 4) is 0 Å². The van der Waals surface area contributed by atoms with Crippen LogP contribution < -0.4 is 0 Å². The predicted molar refractivity (Wildman–Crippen MR) is 124 cm³/mol. The van der Waals surface area contributed by atoms with Crippen LogP contribution in [0.2, 0.25) is 5.15 Å². The van der Waals surface area contributed by atoms with Crippen molar-refractivity contribution in [3.63, 3.8) is 0 Å². The van der Waals surface area contributed by atoms with E-state index in [1.807, 2.05) is 0 Å². The third-order valence-corrected chi connectivity index (χ3v) is 5.25. The molecule has 36 heavy (non-hydrogen) atoms. The standard InChI is InChI=1S/C21H25ClF6N8/c1-13(20(23,24)25)9-16(21(26,27)28)7-6-8-36(12-30-35(5)33-29-3)11-15-10-17-14(2)32-34(4)19(17)31-18(15)22/h7,9-10,12H,6,8,11H2,1-5H3/b13-9+,16-7+,30-12+,33-29-. The first-order valence-corrected chi connectivity index (χ1v) is 10.8. The summed E-state index contributed by atoms with van der Waals surface area (Å²) in [5, 5.41) is 17.6. The second kappa shape index (κ2) is 11.7. The zero-order valence-electron chi connectivity index (χ0n) is 20.2. The van der Waals surface area contributed by atoms with Gasteiger partial charge in [0.05, 0.1) is 25.4 Å². The van der Waals surface area contributed by atoms with Crippen LogP contribution in [-0.2, 0) is 13.6 Å². The number of nitrogens with zero attached hydrogens (tertiary/aromatic N) is 8. The highest BCUT2D eigenvalue weighted by Gasteiger charge is 2.36. The van der Waals surface area contributed by atoms with E-state index in [0.29, 0.717) is 29.9 Å². The summed E-state index contributed by atoms with van der Waals surface area (Å²) in [6, 6.07) is 1.77. The highest BCUT2D eigenvalue weighted by molar-refractivity contribution is 6.30. The van der Waals surface area contributed by atoms with Crippen LogP contribution in [0.4, 0.5) is 26.3 Å². The molecular weight excluding hydrogens is 514 g/mol. The Bertz CT molecular complexity index is 1180. The molecule has 0 fully saturated rings. The number of pyridine rings is 1.